The first-order chi connectivity index (χ1) is 9.78. The van der Waals surface area contributed by atoms with Gasteiger partial charge in [-0.2, -0.15) is 11.3 Å². The lowest BCUT2D eigenvalue weighted by atomic mass is 9.87. The summed E-state index contributed by atoms with van der Waals surface area (Å²) in [5.74, 6) is 0.970. The van der Waals surface area contributed by atoms with Gasteiger partial charge in [0.05, 0.1) is 7.11 Å². The normalized spacial score (nSPS) is 17.8. The number of methoxy groups -OCH3 is 1. The molecule has 1 heterocycles. The Kier molecular flexibility index (Phi) is 4.08. The van der Waals surface area contributed by atoms with Gasteiger partial charge in [0, 0.05) is 12.6 Å². The van der Waals surface area contributed by atoms with Crippen LogP contribution in [0.4, 0.5) is 0 Å². The molecular formula is C17H21NOS. The van der Waals surface area contributed by atoms with Crippen LogP contribution in [0.25, 0.3) is 0 Å². The molecule has 0 radical (unpaired) electrons. The molecule has 0 fully saturated rings. The van der Waals surface area contributed by atoms with E-state index in [0.29, 0.717) is 6.04 Å². The molecule has 0 bridgehead atoms. The van der Waals surface area contributed by atoms with Gasteiger partial charge in [-0.1, -0.05) is 6.07 Å². The molecule has 2 aromatic rings. The zero-order valence-electron chi connectivity index (χ0n) is 12.1. The minimum Gasteiger partial charge on any atom is -0.497 e. The number of ether oxygens (including phenoxy) is 1. The predicted octanol–water partition coefficient (Wildman–Crippen LogP) is 4.23. The second kappa shape index (κ2) is 5.98. The Morgan fingerprint density at radius 3 is 3.00 bits per heavy atom. The highest BCUT2D eigenvalue weighted by molar-refractivity contribution is 7.08. The number of hydrogen-bond acceptors (Lipinski definition) is 3. The molecule has 106 valence electrons. The average molecular weight is 287 g/mol. The summed E-state index contributed by atoms with van der Waals surface area (Å²) >= 11 is 1.79. The molecule has 20 heavy (non-hydrogen) atoms. The number of nitrogens with one attached hydrogen (secondary N) is 1. The van der Waals surface area contributed by atoms with E-state index < -0.39 is 0 Å². The molecular weight excluding hydrogens is 266 g/mol. The SMILES string of the molecule is COc1ccc2c(c1)CCCC2NCc1cscc1C. The number of rotatable bonds is 4. The minimum atomic E-state index is 0.476. The molecule has 0 saturated carbocycles. The lowest BCUT2D eigenvalue weighted by molar-refractivity contribution is 0.410. The standard InChI is InChI=1S/C17H21NOS/c1-12-10-20-11-14(12)9-18-17-5-3-4-13-8-15(19-2)6-7-16(13)17/h6-8,10-11,17-18H,3-5,9H2,1-2H3. The van der Waals surface area contributed by atoms with Crippen molar-refractivity contribution in [2.75, 3.05) is 7.11 Å². The van der Waals surface area contributed by atoms with Crippen LogP contribution in [0.2, 0.25) is 0 Å². The van der Waals surface area contributed by atoms with Gasteiger partial charge in [0.2, 0.25) is 0 Å². The number of benzene rings is 1. The van der Waals surface area contributed by atoms with E-state index in [4.69, 9.17) is 4.74 Å². The first-order valence-corrected chi connectivity index (χ1v) is 8.14. The summed E-state index contributed by atoms with van der Waals surface area (Å²) in [5.41, 5.74) is 5.71. The third kappa shape index (κ3) is 2.74. The van der Waals surface area contributed by atoms with Crippen LogP contribution in [-0.2, 0) is 13.0 Å². The predicted molar refractivity (Wildman–Crippen MR) is 84.6 cm³/mol. The lowest BCUT2D eigenvalue weighted by Gasteiger charge is -2.27. The molecule has 1 aromatic carbocycles. The fourth-order valence-electron chi connectivity index (χ4n) is 2.93. The summed E-state index contributed by atoms with van der Waals surface area (Å²) in [4.78, 5) is 0. The van der Waals surface area contributed by atoms with Gasteiger partial charge in [-0.05, 0) is 71.3 Å². The van der Waals surface area contributed by atoms with Gasteiger partial charge >= 0.3 is 0 Å². The zero-order chi connectivity index (χ0) is 13.9. The minimum absolute atomic E-state index is 0.476. The number of hydrogen-bond donors (Lipinski definition) is 1. The van der Waals surface area contributed by atoms with E-state index in [1.165, 1.54) is 41.5 Å². The van der Waals surface area contributed by atoms with Gasteiger partial charge in [-0.15, -0.1) is 0 Å². The summed E-state index contributed by atoms with van der Waals surface area (Å²) in [6, 6.07) is 6.98. The van der Waals surface area contributed by atoms with Crippen molar-refractivity contribution in [3.05, 3.63) is 51.2 Å². The summed E-state index contributed by atoms with van der Waals surface area (Å²) < 4.78 is 5.33. The van der Waals surface area contributed by atoms with Crippen molar-refractivity contribution in [1.29, 1.82) is 0 Å². The van der Waals surface area contributed by atoms with Gasteiger partial charge in [-0.3, -0.25) is 0 Å². The highest BCUT2D eigenvalue weighted by Crippen LogP contribution is 2.32. The van der Waals surface area contributed by atoms with E-state index >= 15 is 0 Å². The van der Waals surface area contributed by atoms with Crippen LogP contribution < -0.4 is 10.1 Å². The van der Waals surface area contributed by atoms with Crippen molar-refractivity contribution in [1.82, 2.24) is 5.32 Å². The third-order valence-electron chi connectivity index (χ3n) is 4.17. The summed E-state index contributed by atoms with van der Waals surface area (Å²) in [6.45, 7) is 3.15. The first-order valence-electron chi connectivity index (χ1n) is 7.20. The highest BCUT2D eigenvalue weighted by atomic mass is 32.1. The van der Waals surface area contributed by atoms with Crippen LogP contribution in [0.3, 0.4) is 0 Å². The Bertz CT molecular complexity index is 590. The van der Waals surface area contributed by atoms with Crippen molar-refractivity contribution in [2.24, 2.45) is 0 Å². The molecule has 1 aliphatic rings. The largest absolute Gasteiger partial charge is 0.497 e. The van der Waals surface area contributed by atoms with Gasteiger partial charge in [-0.25, -0.2) is 0 Å². The molecule has 2 nitrogen and oxygen atoms in total. The van der Waals surface area contributed by atoms with Gasteiger partial charge in [0.25, 0.3) is 0 Å². The van der Waals surface area contributed by atoms with Crippen molar-refractivity contribution < 1.29 is 4.74 Å². The maximum absolute atomic E-state index is 5.33. The summed E-state index contributed by atoms with van der Waals surface area (Å²) in [7, 11) is 1.74. The van der Waals surface area contributed by atoms with Gasteiger partial charge in [0.15, 0.2) is 0 Å². The smallest absolute Gasteiger partial charge is 0.119 e. The molecule has 1 aromatic heterocycles. The molecule has 3 heteroatoms. The lowest BCUT2D eigenvalue weighted by Crippen LogP contribution is -2.25. The Morgan fingerprint density at radius 2 is 2.25 bits per heavy atom. The van der Waals surface area contributed by atoms with Crippen molar-refractivity contribution in [2.45, 2.75) is 38.8 Å². The van der Waals surface area contributed by atoms with E-state index in [2.05, 4.69) is 41.2 Å². The Morgan fingerprint density at radius 1 is 1.35 bits per heavy atom. The third-order valence-corrected chi connectivity index (χ3v) is 5.08. The maximum Gasteiger partial charge on any atom is 0.119 e. The van der Waals surface area contributed by atoms with Crippen LogP contribution in [-0.4, -0.2) is 7.11 Å². The molecule has 0 spiro atoms. The molecule has 0 amide bonds. The van der Waals surface area contributed by atoms with E-state index in [0.717, 1.165) is 12.3 Å². The maximum atomic E-state index is 5.33. The monoisotopic (exact) mass is 287 g/mol. The Labute approximate surface area is 124 Å². The highest BCUT2D eigenvalue weighted by Gasteiger charge is 2.20. The second-order valence-electron chi connectivity index (χ2n) is 5.47. The fourth-order valence-corrected chi connectivity index (χ4v) is 3.79. The van der Waals surface area contributed by atoms with Crippen LogP contribution in [0.15, 0.2) is 29.0 Å². The quantitative estimate of drug-likeness (QED) is 0.908. The van der Waals surface area contributed by atoms with Crippen molar-refractivity contribution in [3.8, 4) is 5.75 Å². The molecule has 0 saturated heterocycles. The van der Waals surface area contributed by atoms with Crippen LogP contribution in [0, 0.1) is 6.92 Å². The first kappa shape index (κ1) is 13.7. The summed E-state index contributed by atoms with van der Waals surface area (Å²) in [6.07, 6.45) is 3.64. The molecule has 1 atom stereocenters. The van der Waals surface area contributed by atoms with Crippen molar-refractivity contribution in [3.63, 3.8) is 0 Å². The fraction of sp³-hybridized carbons (Fsp3) is 0.412. The average Bonchev–Trinajstić information content (AvgIpc) is 2.89. The van der Waals surface area contributed by atoms with E-state index in [1.54, 1.807) is 18.4 Å². The van der Waals surface area contributed by atoms with E-state index in [1.807, 2.05) is 0 Å². The number of aryl methyl sites for hydroxylation is 2. The summed E-state index contributed by atoms with van der Waals surface area (Å²) in [5, 5.41) is 8.19. The van der Waals surface area contributed by atoms with E-state index in [9.17, 15) is 0 Å². The topological polar surface area (TPSA) is 21.3 Å². The van der Waals surface area contributed by atoms with Crippen LogP contribution >= 0.6 is 11.3 Å². The van der Waals surface area contributed by atoms with Gasteiger partial charge < -0.3 is 10.1 Å². The Hall–Kier alpha value is -1.32. The number of thiophene rings is 1. The number of fused-ring (bicyclic) bond motifs is 1. The second-order valence-corrected chi connectivity index (χ2v) is 6.21. The molecule has 1 aliphatic carbocycles. The molecule has 1 unspecified atom stereocenters. The molecule has 0 aliphatic heterocycles. The van der Waals surface area contributed by atoms with Crippen LogP contribution in [0.1, 0.15) is 41.1 Å². The van der Waals surface area contributed by atoms with Gasteiger partial charge in [0.1, 0.15) is 5.75 Å². The zero-order valence-corrected chi connectivity index (χ0v) is 12.9. The molecule has 1 N–H and O–H groups in total. The Balaban J connectivity index is 1.75. The van der Waals surface area contributed by atoms with E-state index in [-0.39, 0.29) is 0 Å². The van der Waals surface area contributed by atoms with Crippen molar-refractivity contribution >= 4 is 11.3 Å². The van der Waals surface area contributed by atoms with Crippen LogP contribution in [0.5, 0.6) is 5.75 Å². The molecule has 3 rings (SSSR count).